The van der Waals surface area contributed by atoms with Gasteiger partial charge < -0.3 is 4.74 Å². The molecule has 132 valence electrons. The number of carbonyl (C=O) groups is 2. The number of pyridine rings is 1. The highest BCUT2D eigenvalue weighted by Crippen LogP contribution is 2.32. The number of aromatic nitrogens is 2. The number of thiazole rings is 1. The molecule has 1 aromatic carbocycles. The van der Waals surface area contributed by atoms with Crippen LogP contribution in [-0.4, -0.2) is 28.5 Å². The molecule has 0 saturated heterocycles. The lowest BCUT2D eigenvalue weighted by Crippen LogP contribution is -2.20. The third-order valence-electron chi connectivity index (χ3n) is 3.21. The number of esters is 1. The summed E-state index contributed by atoms with van der Waals surface area (Å²) >= 11 is 13.3. The highest BCUT2D eigenvalue weighted by Gasteiger charge is 2.13. The van der Waals surface area contributed by atoms with Crippen LogP contribution in [-0.2, 0) is 9.53 Å². The molecule has 2 aromatic heterocycles. The third kappa shape index (κ3) is 4.57. The zero-order valence-electron chi connectivity index (χ0n) is 13.1. The largest absolute Gasteiger partial charge is 0.452 e. The Labute approximate surface area is 162 Å². The Bertz CT molecular complexity index is 947. The van der Waals surface area contributed by atoms with Crippen molar-refractivity contribution in [1.82, 2.24) is 9.97 Å². The minimum Gasteiger partial charge on any atom is -0.452 e. The van der Waals surface area contributed by atoms with Gasteiger partial charge >= 0.3 is 5.97 Å². The van der Waals surface area contributed by atoms with Gasteiger partial charge in [0.2, 0.25) is 0 Å². The van der Waals surface area contributed by atoms with Crippen LogP contribution in [0, 0.1) is 0 Å². The summed E-state index contributed by atoms with van der Waals surface area (Å²) in [5.74, 6) is -1.09. The van der Waals surface area contributed by atoms with Gasteiger partial charge in [-0.2, -0.15) is 0 Å². The highest BCUT2D eigenvalue weighted by atomic mass is 35.5. The first kappa shape index (κ1) is 18.3. The van der Waals surface area contributed by atoms with E-state index in [9.17, 15) is 9.59 Å². The molecule has 9 heteroatoms. The fraction of sp³-hybridized carbons (Fsp3) is 0.0588. The van der Waals surface area contributed by atoms with Crippen LogP contribution in [0.3, 0.4) is 0 Å². The molecule has 1 N–H and O–H groups in total. The third-order valence-corrected chi connectivity index (χ3v) is 4.51. The minimum absolute atomic E-state index is 0.321. The summed E-state index contributed by atoms with van der Waals surface area (Å²) in [6.07, 6.45) is 2.94. The molecule has 0 bridgehead atoms. The summed E-state index contributed by atoms with van der Waals surface area (Å²) in [5.41, 5.74) is 1.64. The average molecular weight is 408 g/mol. The molecule has 0 aliphatic heterocycles. The van der Waals surface area contributed by atoms with Crippen molar-refractivity contribution in [3.63, 3.8) is 0 Å². The van der Waals surface area contributed by atoms with Crippen molar-refractivity contribution in [3.8, 4) is 11.3 Å². The summed E-state index contributed by atoms with van der Waals surface area (Å²) in [5, 5.41) is 5.70. The Morgan fingerprint density at radius 3 is 2.65 bits per heavy atom. The van der Waals surface area contributed by atoms with Crippen LogP contribution in [0.15, 0.2) is 48.1 Å². The number of carbonyl (C=O) groups excluding carboxylic acids is 2. The molecule has 0 saturated carbocycles. The predicted octanol–water partition coefficient (Wildman–Crippen LogP) is 4.31. The lowest BCUT2D eigenvalue weighted by atomic mass is 10.2. The van der Waals surface area contributed by atoms with Gasteiger partial charge in [0.25, 0.3) is 5.91 Å². The fourth-order valence-electron chi connectivity index (χ4n) is 2.01. The number of benzene rings is 1. The van der Waals surface area contributed by atoms with Crippen molar-refractivity contribution >= 4 is 51.5 Å². The number of hydrogen-bond acceptors (Lipinski definition) is 6. The summed E-state index contributed by atoms with van der Waals surface area (Å²) in [6.45, 7) is -0.419. The van der Waals surface area contributed by atoms with Crippen molar-refractivity contribution in [2.24, 2.45) is 0 Å². The van der Waals surface area contributed by atoms with E-state index in [1.165, 1.54) is 35.9 Å². The molecule has 1 amide bonds. The van der Waals surface area contributed by atoms with Crippen LogP contribution in [0.4, 0.5) is 5.13 Å². The van der Waals surface area contributed by atoms with Gasteiger partial charge in [-0.1, -0.05) is 23.2 Å². The van der Waals surface area contributed by atoms with E-state index in [-0.39, 0.29) is 0 Å². The summed E-state index contributed by atoms with van der Waals surface area (Å²) in [4.78, 5) is 31.8. The average Bonchev–Trinajstić information content (AvgIpc) is 3.08. The first-order valence-corrected chi connectivity index (χ1v) is 8.94. The van der Waals surface area contributed by atoms with Crippen molar-refractivity contribution < 1.29 is 14.3 Å². The monoisotopic (exact) mass is 407 g/mol. The van der Waals surface area contributed by atoms with Crippen molar-refractivity contribution in [2.45, 2.75) is 0 Å². The van der Waals surface area contributed by atoms with Crippen LogP contribution in [0.5, 0.6) is 0 Å². The fourth-order valence-corrected chi connectivity index (χ4v) is 3.24. The first-order chi connectivity index (χ1) is 12.5. The van der Waals surface area contributed by atoms with E-state index in [0.717, 1.165) is 0 Å². The van der Waals surface area contributed by atoms with Gasteiger partial charge in [0, 0.05) is 28.4 Å². The number of nitrogens with one attached hydrogen (secondary N) is 1. The minimum atomic E-state index is -0.602. The van der Waals surface area contributed by atoms with Crippen LogP contribution in [0.2, 0.25) is 10.0 Å². The summed E-state index contributed by atoms with van der Waals surface area (Å²) in [6, 6.07) is 8.09. The molecule has 0 aliphatic carbocycles. The van der Waals surface area contributed by atoms with Gasteiger partial charge in [0.05, 0.1) is 16.3 Å². The van der Waals surface area contributed by atoms with E-state index < -0.39 is 18.5 Å². The van der Waals surface area contributed by atoms with Crippen LogP contribution < -0.4 is 5.32 Å². The maximum absolute atomic E-state index is 11.9. The van der Waals surface area contributed by atoms with E-state index in [2.05, 4.69) is 15.3 Å². The molecular formula is C17H11Cl2N3O3S. The normalized spacial score (nSPS) is 10.4. The molecule has 3 aromatic rings. The molecule has 0 fully saturated rings. The molecule has 26 heavy (non-hydrogen) atoms. The smallest absolute Gasteiger partial charge is 0.338 e. The van der Waals surface area contributed by atoms with Gasteiger partial charge in [-0.05, 0) is 30.3 Å². The standard InChI is InChI=1S/C17H11Cl2N3O3S/c18-11-1-2-12(13(19)7-11)14-9-26-17(21-14)22-15(23)8-25-16(24)10-3-5-20-6-4-10/h1-7,9H,8H2,(H,21,22,23). The number of nitrogens with zero attached hydrogens (tertiary/aromatic N) is 2. The Balaban J connectivity index is 1.58. The van der Waals surface area contributed by atoms with Gasteiger partial charge in [0.1, 0.15) is 0 Å². The van der Waals surface area contributed by atoms with E-state index in [0.29, 0.717) is 32.0 Å². The van der Waals surface area contributed by atoms with Crippen LogP contribution >= 0.6 is 34.5 Å². The Hall–Kier alpha value is -2.48. The molecule has 2 heterocycles. The number of halogens is 2. The van der Waals surface area contributed by atoms with Gasteiger partial charge in [-0.3, -0.25) is 15.1 Å². The molecule has 0 spiro atoms. The number of amides is 1. The van der Waals surface area contributed by atoms with Gasteiger partial charge in [-0.15, -0.1) is 11.3 Å². The Morgan fingerprint density at radius 2 is 1.92 bits per heavy atom. The van der Waals surface area contributed by atoms with E-state index in [4.69, 9.17) is 27.9 Å². The molecule has 0 aliphatic rings. The maximum Gasteiger partial charge on any atom is 0.338 e. The SMILES string of the molecule is O=C(COC(=O)c1ccncc1)Nc1nc(-c2ccc(Cl)cc2Cl)cs1. The summed E-state index contributed by atoms with van der Waals surface area (Å²) < 4.78 is 4.95. The first-order valence-electron chi connectivity index (χ1n) is 7.31. The molecule has 0 atom stereocenters. The zero-order chi connectivity index (χ0) is 18.5. The molecular weight excluding hydrogens is 397 g/mol. The van der Waals surface area contributed by atoms with Gasteiger partial charge in [0.15, 0.2) is 11.7 Å². The highest BCUT2D eigenvalue weighted by molar-refractivity contribution is 7.14. The molecule has 6 nitrogen and oxygen atoms in total. The van der Waals surface area contributed by atoms with E-state index >= 15 is 0 Å². The van der Waals surface area contributed by atoms with Crippen molar-refractivity contribution in [2.75, 3.05) is 11.9 Å². The predicted molar refractivity (Wildman–Crippen MR) is 101 cm³/mol. The number of ether oxygens (including phenoxy) is 1. The zero-order valence-corrected chi connectivity index (χ0v) is 15.4. The Kier molecular flexibility index (Phi) is 5.82. The van der Waals surface area contributed by atoms with Crippen molar-refractivity contribution in [1.29, 1.82) is 0 Å². The quantitative estimate of drug-likeness (QED) is 0.637. The Morgan fingerprint density at radius 1 is 1.15 bits per heavy atom. The topological polar surface area (TPSA) is 81.2 Å². The summed E-state index contributed by atoms with van der Waals surface area (Å²) in [7, 11) is 0. The second-order valence-corrected chi connectivity index (χ2v) is 6.72. The number of rotatable bonds is 5. The van der Waals surface area contributed by atoms with Crippen LogP contribution in [0.1, 0.15) is 10.4 Å². The maximum atomic E-state index is 11.9. The molecule has 0 radical (unpaired) electrons. The second kappa shape index (κ2) is 8.27. The number of hydrogen-bond donors (Lipinski definition) is 1. The molecule has 0 unspecified atom stereocenters. The lowest BCUT2D eigenvalue weighted by Gasteiger charge is -2.04. The second-order valence-electron chi connectivity index (χ2n) is 5.02. The number of anilines is 1. The van der Waals surface area contributed by atoms with Crippen molar-refractivity contribution in [3.05, 3.63) is 63.7 Å². The van der Waals surface area contributed by atoms with E-state index in [1.807, 2.05) is 0 Å². The lowest BCUT2D eigenvalue weighted by molar-refractivity contribution is -0.119. The molecule has 3 rings (SSSR count). The van der Waals surface area contributed by atoms with E-state index in [1.54, 1.807) is 23.6 Å². The van der Waals surface area contributed by atoms with Crippen LogP contribution in [0.25, 0.3) is 11.3 Å². The van der Waals surface area contributed by atoms with Gasteiger partial charge in [-0.25, -0.2) is 9.78 Å².